The van der Waals surface area contributed by atoms with Crippen molar-refractivity contribution in [1.29, 1.82) is 0 Å². The van der Waals surface area contributed by atoms with Crippen LogP contribution >= 0.6 is 0 Å². The lowest BCUT2D eigenvalue weighted by Gasteiger charge is -2.43. The molecule has 6 heteroatoms. The van der Waals surface area contributed by atoms with Crippen LogP contribution in [0.4, 0.5) is 5.69 Å². The first kappa shape index (κ1) is 26.5. The average molecular weight is 493 g/mol. The van der Waals surface area contributed by atoms with Crippen molar-refractivity contribution in [3.05, 3.63) is 48.5 Å². The van der Waals surface area contributed by atoms with Crippen LogP contribution in [0.15, 0.2) is 48.5 Å². The number of rotatable bonds is 12. The van der Waals surface area contributed by atoms with E-state index in [9.17, 15) is 4.79 Å². The lowest BCUT2D eigenvalue weighted by molar-refractivity contribution is -0.134. The van der Waals surface area contributed by atoms with Crippen molar-refractivity contribution in [1.82, 2.24) is 14.7 Å². The molecule has 6 nitrogen and oxygen atoms in total. The van der Waals surface area contributed by atoms with Crippen LogP contribution in [0.3, 0.4) is 0 Å². The number of hydrogen-bond donors (Lipinski definition) is 0. The maximum atomic E-state index is 12.8. The molecule has 0 bridgehead atoms. The average Bonchev–Trinajstić information content (AvgIpc) is 2.88. The van der Waals surface area contributed by atoms with Gasteiger partial charge in [0.1, 0.15) is 5.75 Å². The monoisotopic (exact) mass is 492 g/mol. The molecule has 2 aromatic carbocycles. The number of likely N-dealkylation sites (N-methyl/N-ethyl adjacent to an activating group) is 2. The van der Waals surface area contributed by atoms with Crippen LogP contribution in [-0.2, 0) is 4.79 Å². The molecule has 1 aliphatic heterocycles. The first-order chi connectivity index (χ1) is 17.6. The van der Waals surface area contributed by atoms with Crippen molar-refractivity contribution in [3.8, 4) is 16.9 Å². The minimum absolute atomic E-state index is 0.268. The Morgan fingerprint density at radius 2 is 1.56 bits per heavy atom. The van der Waals surface area contributed by atoms with Crippen LogP contribution in [0.2, 0.25) is 0 Å². The summed E-state index contributed by atoms with van der Waals surface area (Å²) in [5, 5.41) is 0. The quantitative estimate of drug-likeness (QED) is 0.433. The Hall–Kier alpha value is -2.57. The van der Waals surface area contributed by atoms with Crippen molar-refractivity contribution in [3.63, 3.8) is 0 Å². The Labute approximate surface area is 217 Å². The second-order valence-corrected chi connectivity index (χ2v) is 10.2. The van der Waals surface area contributed by atoms with E-state index in [1.165, 1.54) is 36.1 Å². The highest BCUT2D eigenvalue weighted by atomic mass is 16.5. The van der Waals surface area contributed by atoms with Crippen LogP contribution in [-0.4, -0.2) is 92.7 Å². The van der Waals surface area contributed by atoms with E-state index in [1.54, 1.807) is 0 Å². The number of hydrogen-bond acceptors (Lipinski definition) is 5. The number of carbonyl (C=O) groups excluding carboxylic acids is 1. The Morgan fingerprint density at radius 3 is 2.11 bits per heavy atom. The fraction of sp³-hybridized carbons (Fsp3) is 0.567. The van der Waals surface area contributed by atoms with Gasteiger partial charge in [-0.05, 0) is 68.6 Å². The van der Waals surface area contributed by atoms with Gasteiger partial charge in [-0.25, -0.2) is 0 Å². The molecule has 0 atom stereocenters. The minimum atomic E-state index is 0.268. The van der Waals surface area contributed by atoms with Crippen LogP contribution in [0.5, 0.6) is 5.75 Å². The number of amides is 1. The SMILES string of the molecule is CCCOc1ccc(-c2ccc(N(CC)CCN(C)CC(=O)N3CCN(C4CCC4)CC3)cc2)cc1. The molecule has 1 amide bonds. The highest BCUT2D eigenvalue weighted by Crippen LogP contribution is 2.26. The van der Waals surface area contributed by atoms with E-state index in [0.717, 1.165) is 70.6 Å². The molecule has 0 radical (unpaired) electrons. The molecule has 2 fully saturated rings. The molecule has 2 aliphatic rings. The summed E-state index contributed by atoms with van der Waals surface area (Å²) in [6.45, 7) is 12.1. The normalized spacial score (nSPS) is 16.7. The molecule has 0 spiro atoms. The number of benzene rings is 2. The molecule has 0 aromatic heterocycles. The van der Waals surface area contributed by atoms with Crippen molar-refractivity contribution < 1.29 is 9.53 Å². The van der Waals surface area contributed by atoms with E-state index in [1.807, 2.05) is 12.1 Å². The van der Waals surface area contributed by atoms with E-state index in [4.69, 9.17) is 4.74 Å². The van der Waals surface area contributed by atoms with Gasteiger partial charge in [0, 0.05) is 57.5 Å². The summed E-state index contributed by atoms with van der Waals surface area (Å²) < 4.78 is 5.70. The van der Waals surface area contributed by atoms with E-state index < -0.39 is 0 Å². The predicted molar refractivity (Wildman–Crippen MR) is 149 cm³/mol. The third-order valence-corrected chi connectivity index (χ3v) is 7.69. The summed E-state index contributed by atoms with van der Waals surface area (Å²) >= 11 is 0. The lowest BCUT2D eigenvalue weighted by atomic mass is 9.91. The maximum absolute atomic E-state index is 12.8. The Kier molecular flexibility index (Phi) is 9.65. The molecule has 36 heavy (non-hydrogen) atoms. The van der Waals surface area contributed by atoms with Gasteiger partial charge in [0.05, 0.1) is 13.2 Å². The zero-order chi connectivity index (χ0) is 25.3. The van der Waals surface area contributed by atoms with Gasteiger partial charge in [0.2, 0.25) is 5.91 Å². The smallest absolute Gasteiger partial charge is 0.236 e. The second-order valence-electron chi connectivity index (χ2n) is 10.2. The molecule has 1 aliphatic carbocycles. The molecule has 0 unspecified atom stereocenters. The van der Waals surface area contributed by atoms with Gasteiger partial charge in [-0.1, -0.05) is 37.6 Å². The fourth-order valence-corrected chi connectivity index (χ4v) is 5.09. The van der Waals surface area contributed by atoms with Gasteiger partial charge in [-0.3, -0.25) is 14.6 Å². The highest BCUT2D eigenvalue weighted by Gasteiger charge is 2.29. The number of carbonyl (C=O) groups is 1. The van der Waals surface area contributed by atoms with E-state index in [2.05, 4.69) is 76.9 Å². The van der Waals surface area contributed by atoms with Crippen molar-refractivity contribution in [2.24, 2.45) is 0 Å². The van der Waals surface area contributed by atoms with Gasteiger partial charge in [-0.15, -0.1) is 0 Å². The lowest BCUT2D eigenvalue weighted by Crippen LogP contribution is -2.55. The molecular weight excluding hydrogens is 448 g/mol. The maximum Gasteiger partial charge on any atom is 0.236 e. The number of piperazine rings is 1. The molecule has 1 saturated heterocycles. The van der Waals surface area contributed by atoms with Crippen LogP contribution < -0.4 is 9.64 Å². The molecule has 4 rings (SSSR count). The number of anilines is 1. The van der Waals surface area contributed by atoms with Crippen molar-refractivity contribution in [2.75, 3.05) is 70.9 Å². The zero-order valence-electron chi connectivity index (χ0n) is 22.5. The third kappa shape index (κ3) is 7.01. The highest BCUT2D eigenvalue weighted by molar-refractivity contribution is 5.78. The van der Waals surface area contributed by atoms with E-state index in [-0.39, 0.29) is 5.91 Å². The van der Waals surface area contributed by atoms with Crippen LogP contribution in [0, 0.1) is 0 Å². The van der Waals surface area contributed by atoms with Gasteiger partial charge in [-0.2, -0.15) is 0 Å². The summed E-state index contributed by atoms with van der Waals surface area (Å²) in [6, 6.07) is 17.9. The fourth-order valence-electron chi connectivity index (χ4n) is 5.09. The number of nitrogens with zero attached hydrogens (tertiary/aromatic N) is 4. The summed E-state index contributed by atoms with van der Waals surface area (Å²) in [7, 11) is 2.06. The summed E-state index contributed by atoms with van der Waals surface area (Å²) in [5.41, 5.74) is 3.62. The summed E-state index contributed by atoms with van der Waals surface area (Å²) in [6.07, 6.45) is 5.07. The Balaban J connectivity index is 1.22. The first-order valence-electron chi connectivity index (χ1n) is 13.9. The zero-order valence-corrected chi connectivity index (χ0v) is 22.5. The van der Waals surface area contributed by atoms with Gasteiger partial charge >= 0.3 is 0 Å². The van der Waals surface area contributed by atoms with E-state index >= 15 is 0 Å². The third-order valence-electron chi connectivity index (χ3n) is 7.69. The van der Waals surface area contributed by atoms with Crippen LogP contribution in [0.25, 0.3) is 11.1 Å². The molecule has 2 aromatic rings. The first-order valence-corrected chi connectivity index (χ1v) is 13.9. The van der Waals surface area contributed by atoms with Gasteiger partial charge in [0.25, 0.3) is 0 Å². The standard InChI is InChI=1S/C30H44N4O2/c1-4-23-36-29-15-11-26(12-16-29)25-9-13-28(14-10-25)32(5-2)18-17-31(3)24-30(35)34-21-19-33(20-22-34)27-7-6-8-27/h9-16,27H,4-8,17-24H2,1-3H3. The van der Waals surface area contributed by atoms with Crippen molar-refractivity contribution >= 4 is 11.6 Å². The van der Waals surface area contributed by atoms with Crippen molar-refractivity contribution in [2.45, 2.75) is 45.6 Å². The van der Waals surface area contributed by atoms with Crippen LogP contribution in [0.1, 0.15) is 39.5 Å². The molecule has 1 saturated carbocycles. The van der Waals surface area contributed by atoms with Gasteiger partial charge in [0.15, 0.2) is 0 Å². The Bertz CT molecular complexity index is 934. The van der Waals surface area contributed by atoms with Gasteiger partial charge < -0.3 is 14.5 Å². The van der Waals surface area contributed by atoms with E-state index in [0.29, 0.717) is 6.54 Å². The summed E-state index contributed by atoms with van der Waals surface area (Å²) in [4.78, 5) is 22.0. The Morgan fingerprint density at radius 1 is 0.917 bits per heavy atom. The topological polar surface area (TPSA) is 39.3 Å². The summed E-state index contributed by atoms with van der Waals surface area (Å²) in [5.74, 6) is 1.19. The molecule has 1 heterocycles. The largest absolute Gasteiger partial charge is 0.494 e. The predicted octanol–water partition coefficient (Wildman–Crippen LogP) is 4.60. The molecular formula is C30H44N4O2. The second kappa shape index (κ2) is 13.1. The number of ether oxygens (including phenoxy) is 1. The molecule has 0 N–H and O–H groups in total. The minimum Gasteiger partial charge on any atom is -0.494 e. The molecule has 196 valence electrons.